The summed E-state index contributed by atoms with van der Waals surface area (Å²) in [5.74, 6) is 0. The number of hydrogen-bond acceptors (Lipinski definition) is 1. The topological polar surface area (TPSA) is 20.2 Å². The van der Waals surface area contributed by atoms with Crippen LogP contribution in [0.5, 0.6) is 0 Å². The van der Waals surface area contributed by atoms with Crippen LogP contribution in [0.3, 0.4) is 0 Å². The van der Waals surface area contributed by atoms with Gasteiger partial charge in [0, 0.05) is 6.61 Å². The molecule has 2 aliphatic rings. The number of hydrogen-bond donors (Lipinski definition) is 1. The largest absolute Gasteiger partial charge is 2.00 e. The second-order valence-electron chi connectivity index (χ2n) is 3.14. The maximum Gasteiger partial charge on any atom is 2.00 e. The fourth-order valence-electron chi connectivity index (χ4n) is 1.23. The van der Waals surface area contributed by atoms with Gasteiger partial charge in [-0.15, -0.1) is 12.8 Å². The van der Waals surface area contributed by atoms with Gasteiger partial charge in [-0.2, -0.15) is 12.2 Å². The smallest absolute Gasteiger partial charge is 0.396 e. The van der Waals surface area contributed by atoms with Crippen LogP contribution in [0.2, 0.25) is 0 Å². The third kappa shape index (κ3) is 7.70. The first kappa shape index (κ1) is 14.8. The molecule has 0 aromatic heterocycles. The van der Waals surface area contributed by atoms with Gasteiger partial charge in [-0.1, -0.05) is 6.42 Å². The fourth-order valence-corrected chi connectivity index (χ4v) is 1.23. The quantitative estimate of drug-likeness (QED) is 0.788. The van der Waals surface area contributed by atoms with E-state index in [0.717, 1.165) is 25.7 Å². The average molecular weight is 279 g/mol. The van der Waals surface area contributed by atoms with Crippen molar-refractivity contribution in [3.05, 3.63) is 48.1 Å². The Morgan fingerprint density at radius 1 is 1.27 bits per heavy atom. The predicted octanol–water partition coefficient (Wildman–Crippen LogP) is 2.75. The van der Waals surface area contributed by atoms with E-state index in [-0.39, 0.29) is 26.2 Å². The summed E-state index contributed by atoms with van der Waals surface area (Å²) in [6.07, 6.45) is 20.2. The van der Waals surface area contributed by atoms with Gasteiger partial charge in [-0.25, -0.2) is 23.8 Å². The molecule has 0 spiro atoms. The number of aliphatic hydroxyl groups is 1. The first-order chi connectivity index (χ1) is 6.93. The van der Waals surface area contributed by atoms with Crippen LogP contribution >= 0.6 is 0 Å². The number of rotatable bonds is 3. The Hall–Kier alpha value is -0.197. The van der Waals surface area contributed by atoms with E-state index >= 15 is 0 Å². The molecule has 0 saturated heterocycles. The van der Waals surface area contributed by atoms with E-state index in [1.54, 1.807) is 0 Å². The van der Waals surface area contributed by atoms with Gasteiger partial charge < -0.3 is 5.11 Å². The first-order valence-corrected chi connectivity index (χ1v) is 5.02. The van der Waals surface area contributed by atoms with Crippen LogP contribution in [0, 0.1) is 12.2 Å². The normalized spacial score (nSPS) is 15.7. The van der Waals surface area contributed by atoms with E-state index in [2.05, 4.69) is 30.4 Å². The molecule has 0 unspecified atom stereocenters. The third-order valence-electron chi connectivity index (χ3n) is 1.96. The summed E-state index contributed by atoms with van der Waals surface area (Å²) in [6, 6.07) is 0. The number of allylic oxidation sites excluding steroid dienone is 8. The summed E-state index contributed by atoms with van der Waals surface area (Å²) in [6.45, 7) is 0.291. The Morgan fingerprint density at radius 3 is 2.53 bits per heavy atom. The van der Waals surface area contributed by atoms with Gasteiger partial charge in [0.05, 0.1) is 0 Å². The molecule has 0 aromatic rings. The van der Waals surface area contributed by atoms with Crippen molar-refractivity contribution in [3.63, 3.8) is 0 Å². The Balaban J connectivity index is 0.000000280. The summed E-state index contributed by atoms with van der Waals surface area (Å²) in [5.41, 5.74) is 1.25. The molecule has 0 atom stereocenters. The molecule has 0 amide bonds. The van der Waals surface area contributed by atoms with Gasteiger partial charge in [0.25, 0.3) is 0 Å². The minimum absolute atomic E-state index is 0. The Labute approximate surface area is 111 Å². The molecule has 1 N–H and O–H groups in total. The van der Waals surface area contributed by atoms with E-state index in [1.807, 2.05) is 12.2 Å². The minimum atomic E-state index is 0. The van der Waals surface area contributed by atoms with E-state index in [1.165, 1.54) is 5.57 Å². The monoisotopic (exact) mass is 278 g/mol. The van der Waals surface area contributed by atoms with Crippen molar-refractivity contribution in [3.8, 4) is 0 Å². The van der Waals surface area contributed by atoms with E-state index in [0.29, 0.717) is 6.61 Å². The van der Waals surface area contributed by atoms with Crippen LogP contribution in [0.15, 0.2) is 36.0 Å². The van der Waals surface area contributed by atoms with Gasteiger partial charge in [0.15, 0.2) is 0 Å². The molecular formula is C13H16OZr. The van der Waals surface area contributed by atoms with Crippen molar-refractivity contribution < 1.29 is 31.3 Å². The van der Waals surface area contributed by atoms with Crippen molar-refractivity contribution in [2.24, 2.45) is 0 Å². The molecule has 0 aromatic carbocycles. The second-order valence-corrected chi connectivity index (χ2v) is 3.14. The summed E-state index contributed by atoms with van der Waals surface area (Å²) in [4.78, 5) is 0. The zero-order valence-electron chi connectivity index (χ0n) is 8.87. The summed E-state index contributed by atoms with van der Waals surface area (Å²) in [7, 11) is 0. The maximum absolute atomic E-state index is 8.46. The molecular weight excluding hydrogens is 263 g/mol. The Bertz CT molecular complexity index is 252. The van der Waals surface area contributed by atoms with Crippen molar-refractivity contribution in [1.29, 1.82) is 0 Å². The zero-order chi connectivity index (χ0) is 10.1. The molecule has 0 saturated carbocycles. The molecule has 1 nitrogen and oxygen atoms in total. The van der Waals surface area contributed by atoms with Crippen LogP contribution in [0.1, 0.15) is 25.7 Å². The molecule has 15 heavy (non-hydrogen) atoms. The third-order valence-corrected chi connectivity index (χ3v) is 1.96. The molecule has 2 heteroatoms. The van der Waals surface area contributed by atoms with E-state index in [9.17, 15) is 0 Å². The van der Waals surface area contributed by atoms with Crippen LogP contribution in [0.4, 0.5) is 0 Å². The molecule has 0 radical (unpaired) electrons. The SMILES string of the molecule is OCCCC1=[C-]CC=C1.[C-]1=CC=CC1.[Zr+2]. The molecule has 0 bridgehead atoms. The zero-order valence-corrected chi connectivity index (χ0v) is 11.3. The Morgan fingerprint density at radius 2 is 2.13 bits per heavy atom. The summed E-state index contributed by atoms with van der Waals surface area (Å²) >= 11 is 0. The van der Waals surface area contributed by atoms with Crippen molar-refractivity contribution in [1.82, 2.24) is 0 Å². The molecule has 0 fully saturated rings. The first-order valence-electron chi connectivity index (χ1n) is 5.02. The summed E-state index contributed by atoms with van der Waals surface area (Å²) in [5, 5.41) is 8.46. The van der Waals surface area contributed by atoms with Crippen molar-refractivity contribution in [2.75, 3.05) is 6.61 Å². The fraction of sp³-hybridized carbons (Fsp3) is 0.385. The second kappa shape index (κ2) is 10.3. The van der Waals surface area contributed by atoms with Crippen LogP contribution < -0.4 is 0 Å². The van der Waals surface area contributed by atoms with Crippen molar-refractivity contribution >= 4 is 0 Å². The van der Waals surface area contributed by atoms with Gasteiger partial charge in [-0.3, -0.25) is 12.2 Å². The average Bonchev–Trinajstić information content (AvgIpc) is 2.90. The molecule has 78 valence electrons. The molecule has 2 aliphatic carbocycles. The van der Waals surface area contributed by atoms with E-state index in [4.69, 9.17) is 5.11 Å². The van der Waals surface area contributed by atoms with Gasteiger partial charge >= 0.3 is 26.2 Å². The predicted molar refractivity (Wildman–Crippen MR) is 58.4 cm³/mol. The number of aliphatic hydroxyl groups excluding tert-OH is 1. The van der Waals surface area contributed by atoms with Gasteiger partial charge in [-0.05, 0) is 6.42 Å². The van der Waals surface area contributed by atoms with Crippen LogP contribution in [-0.4, -0.2) is 11.7 Å². The van der Waals surface area contributed by atoms with Gasteiger partial charge in [0.1, 0.15) is 0 Å². The van der Waals surface area contributed by atoms with Gasteiger partial charge in [0.2, 0.25) is 0 Å². The van der Waals surface area contributed by atoms with Crippen LogP contribution in [-0.2, 0) is 26.2 Å². The standard InChI is InChI=1S/C8H11O.C5H5.Zr/c9-7-3-6-8-4-1-2-5-8;1-2-4-5-3-1;/h1,4,9H,2-3,6-7H2;1-3H,4H2;/q2*-1;+2. The minimum Gasteiger partial charge on any atom is -0.396 e. The molecule has 0 heterocycles. The maximum atomic E-state index is 8.46. The van der Waals surface area contributed by atoms with E-state index < -0.39 is 0 Å². The molecule has 2 rings (SSSR count). The summed E-state index contributed by atoms with van der Waals surface area (Å²) < 4.78 is 0. The Kier molecular flexibility index (Phi) is 10.2. The van der Waals surface area contributed by atoms with Crippen LogP contribution in [0.25, 0.3) is 0 Å². The van der Waals surface area contributed by atoms with Crippen molar-refractivity contribution in [2.45, 2.75) is 25.7 Å². The molecule has 0 aliphatic heterocycles.